The van der Waals surface area contributed by atoms with Crippen LogP contribution in [0.4, 0.5) is 0 Å². The summed E-state index contributed by atoms with van der Waals surface area (Å²) in [6, 6.07) is 18.6. The van der Waals surface area contributed by atoms with E-state index in [1.165, 1.54) is 18.2 Å². The Labute approximate surface area is 170 Å². The Balaban J connectivity index is 1.62. The minimum absolute atomic E-state index is 0.202. The van der Waals surface area contributed by atoms with Gasteiger partial charge in [0.25, 0.3) is 0 Å². The zero-order valence-electron chi connectivity index (χ0n) is 16.3. The van der Waals surface area contributed by atoms with Crippen molar-refractivity contribution < 1.29 is 4.79 Å². The Morgan fingerprint density at radius 3 is 2.43 bits per heavy atom. The first kappa shape index (κ1) is 18.9. The summed E-state index contributed by atoms with van der Waals surface area (Å²) in [6.07, 6.45) is 3.39. The van der Waals surface area contributed by atoms with Crippen molar-refractivity contribution in [1.82, 2.24) is 14.9 Å². The topological polar surface area (TPSA) is 46.1 Å². The Hall–Kier alpha value is -2.40. The van der Waals surface area contributed by atoms with Gasteiger partial charge in [-0.3, -0.25) is 4.79 Å². The van der Waals surface area contributed by atoms with Crippen molar-refractivity contribution in [3.63, 3.8) is 0 Å². The first-order valence-corrected chi connectivity index (χ1v) is 10.9. The molecule has 4 nitrogen and oxygen atoms in total. The molecule has 0 N–H and O–H groups in total. The first-order valence-electron chi connectivity index (χ1n) is 9.89. The Morgan fingerprint density at radius 1 is 1.00 bits per heavy atom. The molecule has 1 saturated heterocycles. The summed E-state index contributed by atoms with van der Waals surface area (Å²) in [5, 5.41) is 1.87. The lowest BCUT2D eigenvalue weighted by molar-refractivity contribution is -0.134. The predicted molar refractivity (Wildman–Crippen MR) is 115 cm³/mol. The molecule has 1 amide bonds. The first-order chi connectivity index (χ1) is 13.6. The lowest BCUT2D eigenvalue weighted by Crippen LogP contribution is -2.48. The van der Waals surface area contributed by atoms with Crippen LogP contribution in [0.15, 0.2) is 59.6 Å². The van der Waals surface area contributed by atoms with Gasteiger partial charge < -0.3 is 4.90 Å². The van der Waals surface area contributed by atoms with Crippen LogP contribution in [0.5, 0.6) is 0 Å². The highest BCUT2D eigenvalue weighted by atomic mass is 32.2. The molecule has 0 radical (unpaired) electrons. The van der Waals surface area contributed by atoms with Gasteiger partial charge in [-0.2, -0.15) is 0 Å². The molecule has 0 spiro atoms. The van der Waals surface area contributed by atoms with E-state index in [2.05, 4.69) is 18.7 Å². The number of hydrogen-bond acceptors (Lipinski definition) is 4. The van der Waals surface area contributed by atoms with Crippen molar-refractivity contribution in [1.29, 1.82) is 0 Å². The molecular weight excluding hydrogens is 366 g/mol. The van der Waals surface area contributed by atoms with Gasteiger partial charge in [0, 0.05) is 23.0 Å². The van der Waals surface area contributed by atoms with E-state index in [-0.39, 0.29) is 5.91 Å². The van der Waals surface area contributed by atoms with Gasteiger partial charge in [0.2, 0.25) is 5.91 Å². The average Bonchev–Trinajstić information content (AvgIpc) is 2.72. The van der Waals surface area contributed by atoms with Gasteiger partial charge in [-0.25, -0.2) is 9.97 Å². The van der Waals surface area contributed by atoms with Crippen LogP contribution in [0.2, 0.25) is 0 Å². The van der Waals surface area contributed by atoms with Crippen LogP contribution < -0.4 is 0 Å². The Morgan fingerprint density at radius 2 is 1.68 bits per heavy atom. The number of fused-ring (bicyclic) bond motifs is 1. The molecular formula is C23H25N3OS. The highest BCUT2D eigenvalue weighted by molar-refractivity contribution is 8.00. The number of carbonyl (C=O) groups excluding carboxylic acids is 1. The number of thioether (sulfide) groups is 1. The average molecular weight is 392 g/mol. The predicted octanol–water partition coefficient (Wildman–Crippen LogP) is 5.18. The summed E-state index contributed by atoms with van der Waals surface area (Å²) in [5.74, 6) is 1.31. The zero-order valence-corrected chi connectivity index (χ0v) is 17.2. The number of nitrogens with zero attached hydrogens (tertiary/aromatic N) is 3. The number of rotatable bonds is 4. The molecule has 0 bridgehead atoms. The molecule has 1 aromatic heterocycles. The number of hydrogen-bond donors (Lipinski definition) is 0. The maximum Gasteiger partial charge on any atom is 0.233 e. The number of likely N-dealkylation sites (tertiary alicyclic amines) is 1. The molecule has 2 aromatic carbocycles. The summed E-state index contributed by atoms with van der Waals surface area (Å²) >= 11 is 1.52. The molecule has 1 fully saturated rings. The third kappa shape index (κ3) is 3.90. The number of benzene rings is 2. The summed E-state index contributed by atoms with van der Waals surface area (Å²) in [5.41, 5.74) is 1.89. The lowest BCUT2D eigenvalue weighted by atomic mass is 9.98. The molecule has 2 atom stereocenters. The Kier molecular flexibility index (Phi) is 5.62. The van der Waals surface area contributed by atoms with Gasteiger partial charge >= 0.3 is 0 Å². The van der Waals surface area contributed by atoms with Crippen molar-refractivity contribution in [2.75, 3.05) is 5.75 Å². The van der Waals surface area contributed by atoms with Crippen LogP contribution in [0, 0.1) is 0 Å². The SMILES string of the molecule is C[C@@H]1CCC[C@H](C)N1C(=O)CSc1nc(-c2ccccc2)nc2ccccc12. The van der Waals surface area contributed by atoms with E-state index < -0.39 is 0 Å². The second-order valence-electron chi connectivity index (χ2n) is 7.45. The molecule has 0 unspecified atom stereocenters. The van der Waals surface area contributed by atoms with Crippen LogP contribution in [0.25, 0.3) is 22.3 Å². The largest absolute Gasteiger partial charge is 0.337 e. The second-order valence-corrected chi connectivity index (χ2v) is 8.42. The maximum atomic E-state index is 12.9. The van der Waals surface area contributed by atoms with Crippen LogP contribution in [0.1, 0.15) is 33.1 Å². The molecule has 1 aliphatic heterocycles. The number of carbonyl (C=O) groups is 1. The van der Waals surface area contributed by atoms with Crippen LogP contribution in [-0.4, -0.2) is 38.6 Å². The van der Waals surface area contributed by atoms with E-state index in [4.69, 9.17) is 9.97 Å². The summed E-state index contributed by atoms with van der Waals surface area (Å²) in [4.78, 5) is 24.5. The van der Waals surface area contributed by atoms with Crippen molar-refractivity contribution in [2.45, 2.75) is 50.2 Å². The number of piperidine rings is 1. The highest BCUT2D eigenvalue weighted by Crippen LogP contribution is 2.30. The summed E-state index contributed by atoms with van der Waals surface area (Å²) in [6.45, 7) is 4.32. The summed E-state index contributed by atoms with van der Waals surface area (Å²) < 4.78 is 0. The quantitative estimate of drug-likeness (QED) is 0.454. The fraction of sp³-hybridized carbons (Fsp3) is 0.348. The molecule has 5 heteroatoms. The molecule has 2 heterocycles. The van der Waals surface area contributed by atoms with E-state index in [1.807, 2.05) is 54.6 Å². The molecule has 1 aliphatic rings. The van der Waals surface area contributed by atoms with Crippen LogP contribution >= 0.6 is 11.8 Å². The minimum atomic E-state index is 0.202. The molecule has 3 aromatic rings. The van der Waals surface area contributed by atoms with Crippen molar-refractivity contribution >= 4 is 28.6 Å². The van der Waals surface area contributed by atoms with Crippen LogP contribution in [-0.2, 0) is 4.79 Å². The van der Waals surface area contributed by atoms with Gasteiger partial charge in [-0.05, 0) is 39.2 Å². The maximum absolute atomic E-state index is 12.9. The van der Waals surface area contributed by atoms with E-state index >= 15 is 0 Å². The van der Waals surface area contributed by atoms with Gasteiger partial charge in [0.05, 0.1) is 11.3 Å². The minimum Gasteiger partial charge on any atom is -0.337 e. The lowest BCUT2D eigenvalue weighted by Gasteiger charge is -2.39. The summed E-state index contributed by atoms with van der Waals surface area (Å²) in [7, 11) is 0. The molecule has 4 rings (SSSR count). The third-order valence-electron chi connectivity index (χ3n) is 5.41. The number of aromatic nitrogens is 2. The molecule has 28 heavy (non-hydrogen) atoms. The second kappa shape index (κ2) is 8.31. The molecule has 0 saturated carbocycles. The Bertz CT molecular complexity index is 966. The van der Waals surface area contributed by atoms with Crippen LogP contribution in [0.3, 0.4) is 0 Å². The number of para-hydroxylation sites is 1. The van der Waals surface area contributed by atoms with Gasteiger partial charge in [0.1, 0.15) is 5.03 Å². The van der Waals surface area contributed by atoms with Crippen molar-refractivity contribution in [3.8, 4) is 11.4 Å². The van der Waals surface area contributed by atoms with Crippen molar-refractivity contribution in [3.05, 3.63) is 54.6 Å². The highest BCUT2D eigenvalue weighted by Gasteiger charge is 2.28. The standard InChI is InChI=1S/C23H25N3OS/c1-16-9-8-10-17(2)26(16)21(27)15-28-23-19-13-6-7-14-20(19)24-22(25-23)18-11-4-3-5-12-18/h3-7,11-14,16-17H,8-10,15H2,1-2H3/t16-,17+. The fourth-order valence-corrected chi connectivity index (χ4v) is 4.88. The molecule has 0 aliphatic carbocycles. The third-order valence-corrected chi connectivity index (χ3v) is 6.39. The van der Waals surface area contributed by atoms with Gasteiger partial charge in [0.15, 0.2) is 5.82 Å². The zero-order chi connectivity index (χ0) is 19.5. The smallest absolute Gasteiger partial charge is 0.233 e. The fourth-order valence-electron chi connectivity index (χ4n) is 3.99. The van der Waals surface area contributed by atoms with E-state index in [9.17, 15) is 4.79 Å². The van der Waals surface area contributed by atoms with Crippen molar-refractivity contribution in [2.24, 2.45) is 0 Å². The van der Waals surface area contributed by atoms with E-state index in [0.29, 0.717) is 23.7 Å². The van der Waals surface area contributed by atoms with Gasteiger partial charge in [-0.15, -0.1) is 0 Å². The van der Waals surface area contributed by atoms with E-state index in [0.717, 1.165) is 34.3 Å². The monoisotopic (exact) mass is 391 g/mol. The number of amides is 1. The molecule has 144 valence electrons. The normalized spacial score (nSPS) is 19.7. The van der Waals surface area contributed by atoms with E-state index in [1.54, 1.807) is 0 Å². The van der Waals surface area contributed by atoms with Gasteiger partial charge in [-0.1, -0.05) is 60.3 Å².